The van der Waals surface area contributed by atoms with E-state index in [1.54, 1.807) is 5.56 Å². The summed E-state index contributed by atoms with van der Waals surface area (Å²) in [5.41, 5.74) is 2.98. The molecule has 1 aliphatic carbocycles. The van der Waals surface area contributed by atoms with Crippen molar-refractivity contribution in [2.45, 2.75) is 37.6 Å². The molecule has 0 radical (unpaired) electrons. The summed E-state index contributed by atoms with van der Waals surface area (Å²) in [4.78, 5) is 0. The quantitative estimate of drug-likeness (QED) is 0.812. The van der Waals surface area contributed by atoms with Gasteiger partial charge in [0.15, 0.2) is 0 Å². The van der Waals surface area contributed by atoms with Crippen LogP contribution in [0.2, 0.25) is 0 Å². The van der Waals surface area contributed by atoms with Crippen LogP contribution in [-0.2, 0) is 0 Å². The van der Waals surface area contributed by atoms with Crippen LogP contribution in [0.3, 0.4) is 0 Å². The van der Waals surface area contributed by atoms with Crippen molar-refractivity contribution in [3.05, 3.63) is 41.5 Å². The standard InChI is InChI=1S/C15H19N/c1-2-6-15(13-7-8-13)12(4-1)9-10-14-5-3-11-16-14/h1-2,4,6,9-10,13-14,16H,3,5,7-8,11H2. The molecule has 1 atom stereocenters. The SMILES string of the molecule is C(=CC1CCCN1)c1ccccc1C1CC1. The highest BCUT2D eigenvalue weighted by atomic mass is 14.9. The molecule has 1 heterocycles. The molecule has 0 amide bonds. The fourth-order valence-electron chi connectivity index (χ4n) is 2.52. The third kappa shape index (κ3) is 2.19. The topological polar surface area (TPSA) is 12.0 Å². The summed E-state index contributed by atoms with van der Waals surface area (Å²) in [6.07, 6.45) is 10.0. The first-order valence-corrected chi connectivity index (χ1v) is 6.44. The molecule has 0 bridgehead atoms. The Kier molecular flexibility index (Phi) is 2.79. The van der Waals surface area contributed by atoms with E-state index < -0.39 is 0 Å². The van der Waals surface area contributed by atoms with E-state index in [0.717, 1.165) is 5.92 Å². The summed E-state index contributed by atoms with van der Waals surface area (Å²) in [6.45, 7) is 1.18. The molecular formula is C15H19N. The van der Waals surface area contributed by atoms with Gasteiger partial charge in [0.05, 0.1) is 0 Å². The zero-order valence-electron chi connectivity index (χ0n) is 9.65. The Balaban J connectivity index is 1.77. The van der Waals surface area contributed by atoms with Gasteiger partial charge in [0.1, 0.15) is 0 Å². The second-order valence-corrected chi connectivity index (χ2v) is 4.97. The minimum absolute atomic E-state index is 0.604. The number of hydrogen-bond acceptors (Lipinski definition) is 1. The Morgan fingerprint density at radius 1 is 1.12 bits per heavy atom. The summed E-state index contributed by atoms with van der Waals surface area (Å²) < 4.78 is 0. The van der Waals surface area contributed by atoms with Crippen LogP contribution in [0.25, 0.3) is 6.08 Å². The fourth-order valence-corrected chi connectivity index (χ4v) is 2.52. The largest absolute Gasteiger partial charge is 0.311 e. The first kappa shape index (κ1) is 10.1. The van der Waals surface area contributed by atoms with Crippen molar-refractivity contribution in [2.24, 2.45) is 0 Å². The van der Waals surface area contributed by atoms with Gasteiger partial charge in [-0.05, 0) is 49.3 Å². The van der Waals surface area contributed by atoms with Gasteiger partial charge in [-0.15, -0.1) is 0 Å². The Bertz CT molecular complexity index is 384. The van der Waals surface area contributed by atoms with Crippen LogP contribution in [-0.4, -0.2) is 12.6 Å². The highest BCUT2D eigenvalue weighted by Gasteiger charge is 2.24. The molecule has 1 heteroatoms. The second-order valence-electron chi connectivity index (χ2n) is 4.97. The molecule has 1 unspecified atom stereocenters. The molecule has 84 valence electrons. The molecule has 1 aromatic carbocycles. The average Bonchev–Trinajstić information content (AvgIpc) is 3.04. The lowest BCUT2D eigenvalue weighted by molar-refractivity contribution is 0.730. The fraction of sp³-hybridized carbons (Fsp3) is 0.467. The first-order valence-electron chi connectivity index (χ1n) is 6.44. The van der Waals surface area contributed by atoms with Crippen LogP contribution < -0.4 is 5.32 Å². The maximum Gasteiger partial charge on any atom is 0.0253 e. The van der Waals surface area contributed by atoms with E-state index in [1.165, 1.54) is 37.8 Å². The average molecular weight is 213 g/mol. The Morgan fingerprint density at radius 2 is 2.00 bits per heavy atom. The van der Waals surface area contributed by atoms with Crippen molar-refractivity contribution in [1.29, 1.82) is 0 Å². The van der Waals surface area contributed by atoms with Gasteiger partial charge in [-0.25, -0.2) is 0 Å². The van der Waals surface area contributed by atoms with E-state index in [2.05, 4.69) is 41.7 Å². The van der Waals surface area contributed by atoms with Gasteiger partial charge in [-0.3, -0.25) is 0 Å². The number of benzene rings is 1. The van der Waals surface area contributed by atoms with Gasteiger partial charge in [-0.2, -0.15) is 0 Å². The Morgan fingerprint density at radius 3 is 2.75 bits per heavy atom. The molecule has 1 saturated carbocycles. The summed E-state index contributed by atoms with van der Waals surface area (Å²) in [6, 6.07) is 9.46. The number of nitrogens with one attached hydrogen (secondary N) is 1. The van der Waals surface area contributed by atoms with Crippen molar-refractivity contribution in [1.82, 2.24) is 5.32 Å². The minimum Gasteiger partial charge on any atom is -0.311 e. The zero-order chi connectivity index (χ0) is 10.8. The maximum atomic E-state index is 3.50. The third-order valence-corrected chi connectivity index (χ3v) is 3.62. The van der Waals surface area contributed by atoms with Crippen molar-refractivity contribution in [3.63, 3.8) is 0 Å². The monoisotopic (exact) mass is 213 g/mol. The Labute approximate surface area is 97.6 Å². The van der Waals surface area contributed by atoms with Gasteiger partial charge in [0.25, 0.3) is 0 Å². The molecular weight excluding hydrogens is 194 g/mol. The lowest BCUT2D eigenvalue weighted by Gasteiger charge is -2.06. The van der Waals surface area contributed by atoms with Crippen LogP contribution in [0.1, 0.15) is 42.7 Å². The third-order valence-electron chi connectivity index (χ3n) is 3.62. The van der Waals surface area contributed by atoms with Crippen LogP contribution in [0, 0.1) is 0 Å². The minimum atomic E-state index is 0.604. The highest BCUT2D eigenvalue weighted by molar-refractivity contribution is 5.56. The predicted molar refractivity (Wildman–Crippen MR) is 68.5 cm³/mol. The molecule has 3 rings (SSSR count). The van der Waals surface area contributed by atoms with Crippen molar-refractivity contribution < 1.29 is 0 Å². The zero-order valence-corrected chi connectivity index (χ0v) is 9.65. The number of rotatable bonds is 3. The Hall–Kier alpha value is -1.08. The van der Waals surface area contributed by atoms with Crippen molar-refractivity contribution >= 4 is 6.08 Å². The van der Waals surface area contributed by atoms with Crippen LogP contribution >= 0.6 is 0 Å². The van der Waals surface area contributed by atoms with E-state index in [-0.39, 0.29) is 0 Å². The van der Waals surface area contributed by atoms with Crippen LogP contribution in [0.5, 0.6) is 0 Å². The smallest absolute Gasteiger partial charge is 0.0253 e. The normalized spacial score (nSPS) is 25.4. The molecule has 1 N–H and O–H groups in total. The molecule has 1 nitrogen and oxygen atoms in total. The molecule has 1 aliphatic heterocycles. The molecule has 2 aliphatic rings. The van der Waals surface area contributed by atoms with Crippen molar-refractivity contribution in [2.75, 3.05) is 6.54 Å². The highest BCUT2D eigenvalue weighted by Crippen LogP contribution is 2.41. The molecule has 0 spiro atoms. The molecule has 1 aromatic rings. The van der Waals surface area contributed by atoms with Gasteiger partial charge < -0.3 is 5.32 Å². The summed E-state index contributed by atoms with van der Waals surface area (Å²) >= 11 is 0. The molecule has 2 fully saturated rings. The van der Waals surface area contributed by atoms with Gasteiger partial charge in [-0.1, -0.05) is 36.4 Å². The second kappa shape index (κ2) is 4.42. The lowest BCUT2D eigenvalue weighted by atomic mass is 10.0. The summed E-state index contributed by atoms with van der Waals surface area (Å²) in [7, 11) is 0. The van der Waals surface area contributed by atoms with Gasteiger partial charge in [0, 0.05) is 6.04 Å². The number of hydrogen-bond donors (Lipinski definition) is 1. The van der Waals surface area contributed by atoms with E-state index in [4.69, 9.17) is 0 Å². The van der Waals surface area contributed by atoms with Crippen LogP contribution in [0.4, 0.5) is 0 Å². The lowest BCUT2D eigenvalue weighted by Crippen LogP contribution is -2.17. The summed E-state index contributed by atoms with van der Waals surface area (Å²) in [5, 5.41) is 3.50. The van der Waals surface area contributed by atoms with Crippen LogP contribution in [0.15, 0.2) is 30.3 Å². The maximum absolute atomic E-state index is 3.50. The molecule has 0 aromatic heterocycles. The van der Waals surface area contributed by atoms with E-state index in [9.17, 15) is 0 Å². The summed E-state index contributed by atoms with van der Waals surface area (Å²) in [5.74, 6) is 0.845. The molecule has 16 heavy (non-hydrogen) atoms. The van der Waals surface area contributed by atoms with E-state index in [1.807, 2.05) is 0 Å². The molecule has 1 saturated heterocycles. The van der Waals surface area contributed by atoms with E-state index >= 15 is 0 Å². The van der Waals surface area contributed by atoms with Gasteiger partial charge >= 0.3 is 0 Å². The first-order chi connectivity index (χ1) is 7.93. The van der Waals surface area contributed by atoms with Gasteiger partial charge in [0.2, 0.25) is 0 Å². The van der Waals surface area contributed by atoms with Crippen molar-refractivity contribution in [3.8, 4) is 0 Å². The van der Waals surface area contributed by atoms with E-state index in [0.29, 0.717) is 6.04 Å². The predicted octanol–water partition coefficient (Wildman–Crippen LogP) is 3.33.